The summed E-state index contributed by atoms with van der Waals surface area (Å²) in [5.41, 5.74) is 0.184. The van der Waals surface area contributed by atoms with E-state index < -0.39 is 11.9 Å². The van der Waals surface area contributed by atoms with Gasteiger partial charge in [-0.25, -0.2) is 0 Å². The number of nitrogens with zero attached hydrogens (tertiary/aromatic N) is 2. The first-order valence-electron chi connectivity index (χ1n) is 6.06. The third-order valence-corrected chi connectivity index (χ3v) is 4.43. The summed E-state index contributed by atoms with van der Waals surface area (Å²) < 4.78 is 41.1. The maximum absolute atomic E-state index is 13.0. The fourth-order valence-electron chi connectivity index (χ4n) is 2.36. The molecule has 1 aliphatic heterocycles. The molecule has 3 heterocycles. The van der Waals surface area contributed by atoms with Crippen LogP contribution in [0.2, 0.25) is 4.34 Å². The van der Waals surface area contributed by atoms with Crippen LogP contribution >= 0.6 is 35.3 Å². The van der Waals surface area contributed by atoms with Gasteiger partial charge in [0.1, 0.15) is 0 Å². The molecule has 0 unspecified atom stereocenters. The van der Waals surface area contributed by atoms with Gasteiger partial charge in [-0.15, -0.1) is 23.7 Å². The van der Waals surface area contributed by atoms with Gasteiger partial charge >= 0.3 is 6.18 Å². The molecule has 1 aliphatic rings. The van der Waals surface area contributed by atoms with E-state index in [0.29, 0.717) is 41.6 Å². The predicted molar refractivity (Wildman–Crippen MR) is 78.3 cm³/mol. The van der Waals surface area contributed by atoms with Crippen LogP contribution in [0.25, 0.3) is 0 Å². The Bertz CT molecular complexity index is 636. The van der Waals surface area contributed by atoms with Crippen LogP contribution < -0.4 is 5.32 Å². The molecule has 0 bridgehead atoms. The molecular weight excluding hydrogens is 346 g/mol. The maximum atomic E-state index is 13.0. The van der Waals surface area contributed by atoms with Crippen LogP contribution in [0.4, 0.5) is 13.2 Å². The number of thiophene rings is 1. The number of nitrogens with one attached hydrogen (secondary N) is 1. The zero-order chi connectivity index (χ0) is 14.3. The van der Waals surface area contributed by atoms with Gasteiger partial charge < -0.3 is 5.32 Å². The zero-order valence-electron chi connectivity index (χ0n) is 10.7. The normalized spacial score (nSPS) is 14.7. The Balaban J connectivity index is 0.00000161. The second-order valence-electron chi connectivity index (χ2n) is 4.56. The van der Waals surface area contributed by atoms with E-state index in [1.807, 2.05) is 6.07 Å². The van der Waals surface area contributed by atoms with E-state index in [2.05, 4.69) is 10.4 Å². The minimum atomic E-state index is -4.40. The standard InChI is InChI=1S/C12H11ClF3N3S.ClH/c13-10-2-1-7(20-10)6-19-9-5-17-4-3-8(9)11(18-19)12(14,15)16;/h1-2,17H,3-6H2;1H. The molecule has 0 atom stereocenters. The third kappa shape index (κ3) is 3.36. The van der Waals surface area contributed by atoms with Crippen LogP contribution in [-0.2, 0) is 25.7 Å². The molecule has 0 aromatic carbocycles. The van der Waals surface area contributed by atoms with Gasteiger partial charge in [0.2, 0.25) is 0 Å². The smallest absolute Gasteiger partial charge is 0.311 e. The van der Waals surface area contributed by atoms with Crippen LogP contribution in [0.15, 0.2) is 12.1 Å². The first kappa shape index (κ1) is 16.6. The van der Waals surface area contributed by atoms with Crippen LogP contribution in [0.3, 0.4) is 0 Å². The Labute approximate surface area is 134 Å². The lowest BCUT2D eigenvalue weighted by Gasteiger charge is -2.15. The van der Waals surface area contributed by atoms with E-state index in [4.69, 9.17) is 11.6 Å². The van der Waals surface area contributed by atoms with Gasteiger partial charge in [0, 0.05) is 17.0 Å². The molecule has 0 aliphatic carbocycles. The molecule has 3 nitrogen and oxygen atoms in total. The molecule has 0 spiro atoms. The molecule has 21 heavy (non-hydrogen) atoms. The number of rotatable bonds is 2. The Kier molecular flexibility index (Phi) is 4.87. The second-order valence-corrected chi connectivity index (χ2v) is 6.36. The summed E-state index contributed by atoms with van der Waals surface area (Å²) in [5.74, 6) is 0. The van der Waals surface area contributed by atoms with Crippen molar-refractivity contribution in [3.8, 4) is 0 Å². The Morgan fingerprint density at radius 2 is 2.14 bits per heavy atom. The monoisotopic (exact) mass is 357 g/mol. The number of aromatic nitrogens is 2. The molecule has 0 radical (unpaired) electrons. The van der Waals surface area contributed by atoms with Crippen molar-refractivity contribution >= 4 is 35.3 Å². The predicted octanol–water partition coefficient (Wildman–Crippen LogP) is 3.73. The number of hydrogen-bond acceptors (Lipinski definition) is 3. The molecular formula is C12H12Cl2F3N3S. The molecule has 0 saturated heterocycles. The van der Waals surface area contributed by atoms with E-state index in [1.165, 1.54) is 16.0 Å². The molecule has 0 amide bonds. The van der Waals surface area contributed by atoms with E-state index >= 15 is 0 Å². The van der Waals surface area contributed by atoms with E-state index in [9.17, 15) is 13.2 Å². The van der Waals surface area contributed by atoms with Gasteiger partial charge in [-0.2, -0.15) is 18.3 Å². The summed E-state index contributed by atoms with van der Waals surface area (Å²) in [6, 6.07) is 3.55. The van der Waals surface area contributed by atoms with Crippen molar-refractivity contribution in [1.82, 2.24) is 15.1 Å². The van der Waals surface area contributed by atoms with Crippen molar-refractivity contribution in [3.05, 3.63) is 38.3 Å². The highest BCUT2D eigenvalue weighted by molar-refractivity contribution is 7.16. The van der Waals surface area contributed by atoms with Crippen LogP contribution in [0.1, 0.15) is 21.8 Å². The Morgan fingerprint density at radius 1 is 1.38 bits per heavy atom. The Morgan fingerprint density at radius 3 is 2.76 bits per heavy atom. The summed E-state index contributed by atoms with van der Waals surface area (Å²) in [6.07, 6.45) is -4.05. The molecule has 9 heteroatoms. The van der Waals surface area contributed by atoms with Crippen molar-refractivity contribution in [2.24, 2.45) is 0 Å². The number of hydrogen-bond donors (Lipinski definition) is 1. The molecule has 0 fully saturated rings. The summed E-state index contributed by atoms with van der Waals surface area (Å²) in [7, 11) is 0. The first-order chi connectivity index (χ1) is 9.45. The lowest BCUT2D eigenvalue weighted by Crippen LogP contribution is -2.26. The van der Waals surface area contributed by atoms with E-state index in [0.717, 1.165) is 4.88 Å². The highest BCUT2D eigenvalue weighted by Crippen LogP contribution is 2.34. The van der Waals surface area contributed by atoms with Crippen LogP contribution in [-0.4, -0.2) is 16.3 Å². The van der Waals surface area contributed by atoms with Gasteiger partial charge in [0.25, 0.3) is 0 Å². The topological polar surface area (TPSA) is 29.9 Å². The average molecular weight is 358 g/mol. The van der Waals surface area contributed by atoms with E-state index in [1.54, 1.807) is 6.07 Å². The summed E-state index contributed by atoms with van der Waals surface area (Å²) >= 11 is 7.20. The average Bonchev–Trinajstić information content (AvgIpc) is 2.94. The molecule has 2 aromatic heterocycles. The summed E-state index contributed by atoms with van der Waals surface area (Å²) in [6.45, 7) is 1.28. The minimum absolute atomic E-state index is 0. The first-order valence-corrected chi connectivity index (χ1v) is 7.25. The lowest BCUT2D eigenvalue weighted by atomic mass is 10.1. The third-order valence-electron chi connectivity index (χ3n) is 3.21. The number of alkyl halides is 3. The highest BCUT2D eigenvalue weighted by Gasteiger charge is 2.39. The van der Waals surface area contributed by atoms with Crippen molar-refractivity contribution in [3.63, 3.8) is 0 Å². The SMILES string of the molecule is Cl.FC(F)(F)c1nn(Cc2ccc(Cl)s2)c2c1CCNC2. The lowest BCUT2D eigenvalue weighted by molar-refractivity contribution is -0.142. The maximum Gasteiger partial charge on any atom is 0.435 e. The Hall–Kier alpha value is -0.760. The van der Waals surface area contributed by atoms with E-state index in [-0.39, 0.29) is 12.4 Å². The second kappa shape index (κ2) is 6.16. The molecule has 1 N–H and O–H groups in total. The van der Waals surface area contributed by atoms with Gasteiger partial charge in [-0.05, 0) is 25.1 Å². The molecule has 2 aromatic rings. The quantitative estimate of drug-likeness (QED) is 0.887. The fraction of sp³-hybridized carbons (Fsp3) is 0.417. The summed E-state index contributed by atoms with van der Waals surface area (Å²) in [5, 5.41) is 6.87. The van der Waals surface area contributed by atoms with Gasteiger partial charge in [-0.1, -0.05) is 11.6 Å². The van der Waals surface area contributed by atoms with Crippen molar-refractivity contribution in [1.29, 1.82) is 0 Å². The fourth-order valence-corrected chi connectivity index (χ4v) is 3.43. The summed E-state index contributed by atoms with van der Waals surface area (Å²) in [4.78, 5) is 0.889. The van der Waals surface area contributed by atoms with Crippen molar-refractivity contribution < 1.29 is 13.2 Å². The molecule has 3 rings (SSSR count). The number of halogens is 5. The zero-order valence-corrected chi connectivity index (χ0v) is 13.1. The highest BCUT2D eigenvalue weighted by atomic mass is 35.5. The van der Waals surface area contributed by atoms with Gasteiger partial charge in [0.05, 0.1) is 16.6 Å². The minimum Gasteiger partial charge on any atom is -0.311 e. The van der Waals surface area contributed by atoms with Crippen molar-refractivity contribution in [2.45, 2.75) is 25.7 Å². The van der Waals surface area contributed by atoms with Gasteiger partial charge in [0.15, 0.2) is 5.69 Å². The largest absolute Gasteiger partial charge is 0.435 e. The van der Waals surface area contributed by atoms with Gasteiger partial charge in [-0.3, -0.25) is 4.68 Å². The van der Waals surface area contributed by atoms with Crippen LogP contribution in [0, 0.1) is 0 Å². The van der Waals surface area contributed by atoms with Crippen LogP contribution in [0.5, 0.6) is 0 Å². The molecule has 0 saturated carbocycles. The number of fused-ring (bicyclic) bond motifs is 1. The van der Waals surface area contributed by atoms with Crippen molar-refractivity contribution in [2.75, 3.05) is 6.54 Å². The molecule has 116 valence electrons.